The van der Waals surface area contributed by atoms with Crippen molar-refractivity contribution in [2.24, 2.45) is 0 Å². The highest BCUT2D eigenvalue weighted by Gasteiger charge is 2.14. The standard InChI is InChI=1S/C13H25NO4/c1-4-18-13(17)7-6-12(16)10-14(11(2)3)8-5-9-15/h11,15H,4-10H2,1-3H3. The number of nitrogens with zero attached hydrogens (tertiary/aromatic N) is 1. The molecule has 0 aromatic carbocycles. The number of ether oxygens (including phenoxy) is 1. The monoisotopic (exact) mass is 259 g/mol. The summed E-state index contributed by atoms with van der Waals surface area (Å²) in [5.74, 6) is -0.285. The Bertz CT molecular complexity index is 253. The van der Waals surface area contributed by atoms with Crippen molar-refractivity contribution < 1.29 is 19.4 Å². The fraction of sp³-hybridized carbons (Fsp3) is 0.846. The van der Waals surface area contributed by atoms with E-state index in [4.69, 9.17) is 9.84 Å². The molecule has 0 atom stereocenters. The zero-order valence-corrected chi connectivity index (χ0v) is 11.6. The molecule has 0 bridgehead atoms. The minimum absolute atomic E-state index is 0.0368. The summed E-state index contributed by atoms with van der Waals surface area (Å²) < 4.78 is 4.77. The molecule has 5 nitrogen and oxygen atoms in total. The van der Waals surface area contributed by atoms with Crippen molar-refractivity contribution >= 4 is 11.8 Å². The second kappa shape index (κ2) is 10.0. The van der Waals surface area contributed by atoms with Gasteiger partial charge in [0.05, 0.1) is 19.6 Å². The fourth-order valence-corrected chi connectivity index (χ4v) is 1.57. The molecule has 18 heavy (non-hydrogen) atoms. The normalized spacial score (nSPS) is 11.0. The maximum Gasteiger partial charge on any atom is 0.306 e. The van der Waals surface area contributed by atoms with Crippen molar-refractivity contribution in [3.63, 3.8) is 0 Å². The number of ketones is 1. The van der Waals surface area contributed by atoms with Crippen LogP contribution in [-0.2, 0) is 14.3 Å². The van der Waals surface area contributed by atoms with E-state index in [-0.39, 0.29) is 37.2 Å². The highest BCUT2D eigenvalue weighted by molar-refractivity contribution is 5.84. The number of carbonyl (C=O) groups is 2. The van der Waals surface area contributed by atoms with Gasteiger partial charge in [-0.1, -0.05) is 0 Å². The molecule has 0 unspecified atom stereocenters. The second-order valence-corrected chi connectivity index (χ2v) is 4.49. The summed E-state index contributed by atoms with van der Waals surface area (Å²) in [6.45, 7) is 7.26. The van der Waals surface area contributed by atoms with E-state index in [0.717, 1.165) is 0 Å². The average Bonchev–Trinajstić information content (AvgIpc) is 2.32. The highest BCUT2D eigenvalue weighted by atomic mass is 16.5. The van der Waals surface area contributed by atoms with Crippen LogP contribution in [0, 0.1) is 0 Å². The van der Waals surface area contributed by atoms with Crippen LogP contribution in [-0.4, -0.2) is 54.1 Å². The van der Waals surface area contributed by atoms with E-state index in [1.807, 2.05) is 18.7 Å². The SMILES string of the molecule is CCOC(=O)CCC(=O)CN(CCCO)C(C)C. The van der Waals surface area contributed by atoms with Crippen molar-refractivity contribution in [3.05, 3.63) is 0 Å². The Morgan fingerprint density at radius 3 is 2.44 bits per heavy atom. The Labute approximate surface area is 109 Å². The summed E-state index contributed by atoms with van der Waals surface area (Å²) >= 11 is 0. The van der Waals surface area contributed by atoms with Gasteiger partial charge in [0.15, 0.2) is 0 Å². The number of aliphatic hydroxyl groups excluding tert-OH is 1. The lowest BCUT2D eigenvalue weighted by molar-refractivity contribution is -0.144. The first-order valence-corrected chi connectivity index (χ1v) is 6.53. The number of carbonyl (C=O) groups excluding carboxylic acids is 2. The third-order valence-electron chi connectivity index (χ3n) is 2.63. The van der Waals surface area contributed by atoms with Gasteiger partial charge >= 0.3 is 5.97 Å². The van der Waals surface area contributed by atoms with E-state index >= 15 is 0 Å². The maximum absolute atomic E-state index is 11.7. The Morgan fingerprint density at radius 1 is 1.28 bits per heavy atom. The predicted molar refractivity (Wildman–Crippen MR) is 69.3 cm³/mol. The summed E-state index contributed by atoms with van der Waals surface area (Å²) in [4.78, 5) is 24.8. The van der Waals surface area contributed by atoms with Gasteiger partial charge in [0.1, 0.15) is 5.78 Å². The molecule has 0 aliphatic heterocycles. The van der Waals surface area contributed by atoms with Gasteiger partial charge in [-0.05, 0) is 27.2 Å². The van der Waals surface area contributed by atoms with Gasteiger partial charge in [-0.2, -0.15) is 0 Å². The quantitative estimate of drug-likeness (QED) is 0.593. The van der Waals surface area contributed by atoms with Gasteiger partial charge in [0.2, 0.25) is 0 Å². The maximum atomic E-state index is 11.7. The Balaban J connectivity index is 3.98. The van der Waals surface area contributed by atoms with E-state index in [1.54, 1.807) is 6.92 Å². The minimum Gasteiger partial charge on any atom is -0.466 e. The molecule has 0 rings (SSSR count). The molecule has 0 amide bonds. The summed E-state index contributed by atoms with van der Waals surface area (Å²) in [7, 11) is 0. The second-order valence-electron chi connectivity index (χ2n) is 4.49. The predicted octanol–water partition coefficient (Wildman–Crippen LogP) is 0.992. The first-order valence-electron chi connectivity index (χ1n) is 6.53. The third kappa shape index (κ3) is 8.20. The van der Waals surface area contributed by atoms with Gasteiger partial charge in [0.25, 0.3) is 0 Å². The van der Waals surface area contributed by atoms with Crippen molar-refractivity contribution in [1.82, 2.24) is 4.90 Å². The zero-order chi connectivity index (χ0) is 14.0. The minimum atomic E-state index is -0.322. The fourth-order valence-electron chi connectivity index (χ4n) is 1.57. The van der Waals surface area contributed by atoms with Crippen molar-refractivity contribution in [1.29, 1.82) is 0 Å². The molecule has 0 aliphatic rings. The molecule has 1 N–H and O–H groups in total. The van der Waals surface area contributed by atoms with Gasteiger partial charge in [-0.25, -0.2) is 0 Å². The number of esters is 1. The molecule has 0 radical (unpaired) electrons. The third-order valence-corrected chi connectivity index (χ3v) is 2.63. The lowest BCUT2D eigenvalue weighted by Gasteiger charge is -2.25. The van der Waals surface area contributed by atoms with Crippen LogP contribution in [0.2, 0.25) is 0 Å². The molecule has 0 fully saturated rings. The van der Waals surface area contributed by atoms with Crippen LogP contribution in [0.5, 0.6) is 0 Å². The lowest BCUT2D eigenvalue weighted by atomic mass is 10.2. The van der Waals surface area contributed by atoms with Crippen LogP contribution >= 0.6 is 0 Å². The smallest absolute Gasteiger partial charge is 0.306 e. The van der Waals surface area contributed by atoms with Gasteiger partial charge in [-0.3, -0.25) is 14.5 Å². The number of hydrogen-bond donors (Lipinski definition) is 1. The molecule has 0 saturated carbocycles. The number of aliphatic hydroxyl groups is 1. The molecular formula is C13H25NO4. The summed E-state index contributed by atoms with van der Waals surface area (Å²) in [5.41, 5.74) is 0. The number of hydrogen-bond acceptors (Lipinski definition) is 5. The van der Waals surface area contributed by atoms with Crippen LogP contribution in [0.1, 0.15) is 40.0 Å². The summed E-state index contributed by atoms with van der Waals surface area (Å²) in [5, 5.41) is 8.79. The van der Waals surface area contributed by atoms with Crippen LogP contribution in [0.25, 0.3) is 0 Å². The van der Waals surface area contributed by atoms with Gasteiger partial charge in [-0.15, -0.1) is 0 Å². The molecular weight excluding hydrogens is 234 g/mol. The van der Waals surface area contributed by atoms with Crippen LogP contribution in [0.4, 0.5) is 0 Å². The Hall–Kier alpha value is -0.940. The summed E-state index contributed by atoms with van der Waals surface area (Å²) in [6.07, 6.45) is 1.03. The number of rotatable bonds is 10. The van der Waals surface area contributed by atoms with E-state index in [9.17, 15) is 9.59 Å². The van der Waals surface area contributed by atoms with E-state index in [1.165, 1.54) is 0 Å². The molecule has 0 aromatic heterocycles. The molecule has 0 saturated heterocycles. The molecule has 0 spiro atoms. The largest absolute Gasteiger partial charge is 0.466 e. The molecule has 106 valence electrons. The highest BCUT2D eigenvalue weighted by Crippen LogP contribution is 2.03. The number of Topliss-reactive ketones (excluding diaryl/α,β-unsaturated/α-hetero) is 1. The topological polar surface area (TPSA) is 66.8 Å². The Kier molecular flexibility index (Phi) is 9.50. The van der Waals surface area contributed by atoms with E-state index in [2.05, 4.69) is 0 Å². The summed E-state index contributed by atoms with van der Waals surface area (Å²) in [6, 6.07) is 0.253. The van der Waals surface area contributed by atoms with Crippen LogP contribution in [0.15, 0.2) is 0 Å². The first-order chi connectivity index (χ1) is 8.51. The van der Waals surface area contributed by atoms with Crippen LogP contribution < -0.4 is 0 Å². The van der Waals surface area contributed by atoms with E-state index < -0.39 is 0 Å². The Morgan fingerprint density at radius 2 is 1.94 bits per heavy atom. The molecule has 5 heteroatoms. The average molecular weight is 259 g/mol. The first kappa shape index (κ1) is 17.1. The lowest BCUT2D eigenvalue weighted by Crippen LogP contribution is -2.36. The molecule has 0 heterocycles. The zero-order valence-electron chi connectivity index (χ0n) is 11.6. The van der Waals surface area contributed by atoms with Crippen LogP contribution in [0.3, 0.4) is 0 Å². The van der Waals surface area contributed by atoms with Crippen molar-refractivity contribution in [2.75, 3.05) is 26.3 Å². The van der Waals surface area contributed by atoms with Crippen molar-refractivity contribution in [2.45, 2.75) is 46.1 Å². The van der Waals surface area contributed by atoms with Crippen molar-refractivity contribution in [3.8, 4) is 0 Å². The molecule has 0 aromatic rings. The van der Waals surface area contributed by atoms with Gasteiger partial charge in [0, 0.05) is 25.6 Å². The van der Waals surface area contributed by atoms with E-state index in [0.29, 0.717) is 26.1 Å². The van der Waals surface area contributed by atoms with Gasteiger partial charge < -0.3 is 9.84 Å². The molecule has 0 aliphatic carbocycles.